The van der Waals surface area contributed by atoms with Crippen LogP contribution in [-0.2, 0) is 11.3 Å². The van der Waals surface area contributed by atoms with Crippen LogP contribution >= 0.6 is 0 Å². The van der Waals surface area contributed by atoms with Crippen molar-refractivity contribution in [2.75, 3.05) is 27.3 Å². The molecule has 0 amide bonds. The molecule has 2 rings (SSSR count). The highest BCUT2D eigenvalue weighted by atomic mass is 19.1. The summed E-state index contributed by atoms with van der Waals surface area (Å²) >= 11 is 0. The van der Waals surface area contributed by atoms with E-state index in [-0.39, 0.29) is 17.7 Å². The summed E-state index contributed by atoms with van der Waals surface area (Å²) in [6.45, 7) is 4.15. The van der Waals surface area contributed by atoms with Gasteiger partial charge in [-0.05, 0) is 44.3 Å². The molecule has 0 saturated carbocycles. The first-order valence-corrected chi connectivity index (χ1v) is 9.35. The average molecular weight is 367 g/mol. The van der Waals surface area contributed by atoms with E-state index in [1.807, 2.05) is 0 Å². The minimum Gasteiger partial charge on any atom is -0.493 e. The van der Waals surface area contributed by atoms with Crippen molar-refractivity contribution in [3.63, 3.8) is 0 Å². The molecule has 1 aliphatic rings. The lowest BCUT2D eigenvalue weighted by Crippen LogP contribution is -2.37. The molecule has 1 saturated heterocycles. The highest BCUT2D eigenvalue weighted by molar-refractivity contribution is 5.70. The van der Waals surface area contributed by atoms with Gasteiger partial charge in [-0.1, -0.05) is 19.8 Å². The zero-order valence-corrected chi connectivity index (χ0v) is 16.0. The molecule has 1 N–H and O–H groups in total. The van der Waals surface area contributed by atoms with E-state index in [9.17, 15) is 14.3 Å². The zero-order chi connectivity index (χ0) is 19.1. The normalized spacial score (nSPS) is 17.1. The number of likely N-dealkylation sites (tertiary alicyclic amines) is 1. The van der Waals surface area contributed by atoms with Crippen LogP contribution in [0.5, 0.6) is 11.5 Å². The molecule has 1 aromatic rings. The summed E-state index contributed by atoms with van der Waals surface area (Å²) in [4.78, 5) is 13.7. The van der Waals surface area contributed by atoms with E-state index in [4.69, 9.17) is 9.47 Å². The second-order valence-electron chi connectivity index (χ2n) is 7.00. The third-order valence-corrected chi connectivity index (χ3v) is 5.33. The van der Waals surface area contributed by atoms with E-state index in [0.29, 0.717) is 23.6 Å². The molecule has 0 spiro atoms. The Bertz CT molecular complexity index is 600. The summed E-state index contributed by atoms with van der Waals surface area (Å²) in [5.41, 5.74) is 0.571. The molecule has 1 heterocycles. The Balaban J connectivity index is 1.97. The van der Waals surface area contributed by atoms with Crippen LogP contribution in [0.15, 0.2) is 12.1 Å². The van der Waals surface area contributed by atoms with Gasteiger partial charge in [-0.2, -0.15) is 0 Å². The maximum atomic E-state index is 14.3. The molecule has 0 aromatic heterocycles. The van der Waals surface area contributed by atoms with Gasteiger partial charge < -0.3 is 14.6 Å². The second kappa shape index (κ2) is 9.76. The van der Waals surface area contributed by atoms with E-state index >= 15 is 0 Å². The first-order chi connectivity index (χ1) is 12.5. The largest absolute Gasteiger partial charge is 0.493 e. The fraction of sp³-hybridized carbons (Fsp3) is 0.650. The van der Waals surface area contributed by atoms with Crippen molar-refractivity contribution < 1.29 is 23.8 Å². The number of piperidine rings is 1. The molecule has 26 heavy (non-hydrogen) atoms. The molecular formula is C20H30FNO4. The van der Waals surface area contributed by atoms with Crippen LogP contribution in [0.4, 0.5) is 4.39 Å². The summed E-state index contributed by atoms with van der Waals surface area (Å²) in [6.07, 6.45) is 4.40. The smallest absolute Gasteiger partial charge is 0.306 e. The molecule has 1 atom stereocenters. The third kappa shape index (κ3) is 5.10. The van der Waals surface area contributed by atoms with Crippen molar-refractivity contribution in [3.8, 4) is 11.5 Å². The molecule has 1 fully saturated rings. The second-order valence-corrected chi connectivity index (χ2v) is 7.00. The average Bonchev–Trinajstić information content (AvgIpc) is 2.64. The van der Waals surface area contributed by atoms with Gasteiger partial charge in [0.15, 0.2) is 11.5 Å². The predicted octanol–water partition coefficient (Wildman–Crippen LogP) is 3.95. The van der Waals surface area contributed by atoms with Gasteiger partial charge in [-0.15, -0.1) is 0 Å². The standard InChI is InChI=1S/C20H30FNO4/c1-4-5-6-16(20(23)24)14-7-9-22(10-8-14)13-15-11-18(25-2)19(26-3)12-17(15)21/h11-12,14,16H,4-10,13H2,1-3H3,(H,23,24). The number of methoxy groups -OCH3 is 2. The van der Waals surface area contributed by atoms with Gasteiger partial charge in [0.25, 0.3) is 0 Å². The zero-order valence-electron chi connectivity index (χ0n) is 16.0. The Kier molecular flexibility index (Phi) is 7.69. The van der Waals surface area contributed by atoms with Crippen LogP contribution in [0.25, 0.3) is 0 Å². The molecule has 1 aromatic carbocycles. The van der Waals surface area contributed by atoms with Gasteiger partial charge in [0, 0.05) is 18.2 Å². The van der Waals surface area contributed by atoms with Crippen molar-refractivity contribution in [1.29, 1.82) is 0 Å². The Morgan fingerprint density at radius 3 is 2.42 bits per heavy atom. The number of rotatable bonds is 9. The lowest BCUT2D eigenvalue weighted by atomic mass is 9.81. The molecule has 0 aliphatic carbocycles. The first kappa shape index (κ1) is 20.5. The number of benzene rings is 1. The Morgan fingerprint density at radius 2 is 1.88 bits per heavy atom. The summed E-state index contributed by atoms with van der Waals surface area (Å²) in [5.74, 6) is -0.128. The Hall–Kier alpha value is -1.82. The van der Waals surface area contributed by atoms with E-state index in [1.165, 1.54) is 20.3 Å². The minimum absolute atomic E-state index is 0.213. The quantitative estimate of drug-likeness (QED) is 0.716. The number of unbranched alkanes of at least 4 members (excludes halogenated alkanes) is 1. The summed E-state index contributed by atoms with van der Waals surface area (Å²) in [5, 5.41) is 9.51. The number of ether oxygens (including phenoxy) is 2. The molecule has 6 heteroatoms. The van der Waals surface area contributed by atoms with E-state index in [0.717, 1.165) is 45.2 Å². The van der Waals surface area contributed by atoms with Gasteiger partial charge >= 0.3 is 5.97 Å². The predicted molar refractivity (Wildman–Crippen MR) is 98.2 cm³/mol. The number of halogens is 1. The molecule has 146 valence electrons. The summed E-state index contributed by atoms with van der Waals surface area (Å²) in [7, 11) is 3.02. The van der Waals surface area contributed by atoms with Crippen LogP contribution in [0.3, 0.4) is 0 Å². The number of carbonyl (C=O) groups is 1. The Labute approximate surface area is 155 Å². The van der Waals surface area contributed by atoms with E-state index in [1.54, 1.807) is 6.07 Å². The van der Waals surface area contributed by atoms with E-state index in [2.05, 4.69) is 11.8 Å². The maximum Gasteiger partial charge on any atom is 0.306 e. The van der Waals surface area contributed by atoms with Crippen molar-refractivity contribution in [3.05, 3.63) is 23.5 Å². The molecule has 0 radical (unpaired) electrons. The topological polar surface area (TPSA) is 59.0 Å². The first-order valence-electron chi connectivity index (χ1n) is 9.35. The molecule has 1 unspecified atom stereocenters. The fourth-order valence-corrected chi connectivity index (χ4v) is 3.76. The number of hydrogen-bond acceptors (Lipinski definition) is 4. The lowest BCUT2D eigenvalue weighted by molar-refractivity contribution is -0.144. The minimum atomic E-state index is -0.678. The number of nitrogens with zero attached hydrogens (tertiary/aromatic N) is 1. The molecule has 0 bridgehead atoms. The highest BCUT2D eigenvalue weighted by Crippen LogP contribution is 2.32. The van der Waals surface area contributed by atoms with Gasteiger partial charge in [0.2, 0.25) is 0 Å². The van der Waals surface area contributed by atoms with E-state index < -0.39 is 5.97 Å². The lowest BCUT2D eigenvalue weighted by Gasteiger charge is -2.34. The summed E-state index contributed by atoms with van der Waals surface area (Å²) < 4.78 is 24.7. The van der Waals surface area contributed by atoms with Crippen LogP contribution in [-0.4, -0.2) is 43.3 Å². The Morgan fingerprint density at radius 1 is 1.27 bits per heavy atom. The number of hydrogen-bond donors (Lipinski definition) is 1. The van der Waals surface area contributed by atoms with Gasteiger partial charge in [-0.25, -0.2) is 4.39 Å². The number of carboxylic acid groups (broad SMARTS) is 1. The van der Waals surface area contributed by atoms with Crippen LogP contribution in [0.1, 0.15) is 44.6 Å². The van der Waals surface area contributed by atoms with Crippen molar-refractivity contribution in [1.82, 2.24) is 4.90 Å². The van der Waals surface area contributed by atoms with Gasteiger partial charge in [-0.3, -0.25) is 9.69 Å². The molecular weight excluding hydrogens is 337 g/mol. The van der Waals surface area contributed by atoms with Crippen LogP contribution in [0, 0.1) is 17.7 Å². The van der Waals surface area contributed by atoms with Crippen LogP contribution < -0.4 is 9.47 Å². The number of carboxylic acids is 1. The maximum absolute atomic E-state index is 14.3. The highest BCUT2D eigenvalue weighted by Gasteiger charge is 2.31. The fourth-order valence-electron chi connectivity index (χ4n) is 3.76. The third-order valence-electron chi connectivity index (χ3n) is 5.33. The van der Waals surface area contributed by atoms with Crippen molar-refractivity contribution >= 4 is 5.97 Å². The molecule has 1 aliphatic heterocycles. The van der Waals surface area contributed by atoms with Gasteiger partial charge in [0.05, 0.1) is 20.1 Å². The van der Waals surface area contributed by atoms with Crippen molar-refractivity contribution in [2.45, 2.75) is 45.6 Å². The number of aliphatic carboxylic acids is 1. The summed E-state index contributed by atoms with van der Waals surface area (Å²) in [6, 6.07) is 3.04. The van der Waals surface area contributed by atoms with Crippen molar-refractivity contribution in [2.24, 2.45) is 11.8 Å². The monoisotopic (exact) mass is 367 g/mol. The SMILES string of the molecule is CCCCC(C(=O)O)C1CCN(Cc2cc(OC)c(OC)cc2F)CC1. The molecule has 5 nitrogen and oxygen atoms in total. The van der Waals surface area contributed by atoms with Gasteiger partial charge in [0.1, 0.15) is 5.82 Å². The van der Waals surface area contributed by atoms with Crippen LogP contribution in [0.2, 0.25) is 0 Å².